The molecule has 18 heavy (non-hydrogen) atoms. The minimum atomic E-state index is 0.372. The second-order valence-corrected chi connectivity index (χ2v) is 3.90. The summed E-state index contributed by atoms with van der Waals surface area (Å²) in [6.45, 7) is 1.95. The first-order chi connectivity index (χ1) is 8.74. The SMILES string of the molecule is CCc1c(C#N)c(C#N)cc2cc(C#N)ccc12. The Labute approximate surface area is 105 Å². The monoisotopic (exact) mass is 231 g/mol. The highest BCUT2D eigenvalue weighted by molar-refractivity contribution is 5.90. The van der Waals surface area contributed by atoms with Crippen LogP contribution in [0.2, 0.25) is 0 Å². The van der Waals surface area contributed by atoms with Crippen LogP contribution in [0.25, 0.3) is 10.8 Å². The summed E-state index contributed by atoms with van der Waals surface area (Å²) in [4.78, 5) is 0. The van der Waals surface area contributed by atoms with E-state index in [0.29, 0.717) is 23.1 Å². The van der Waals surface area contributed by atoms with E-state index in [9.17, 15) is 0 Å². The molecular weight excluding hydrogens is 222 g/mol. The summed E-state index contributed by atoms with van der Waals surface area (Å²) < 4.78 is 0. The molecule has 3 nitrogen and oxygen atoms in total. The Bertz CT molecular complexity index is 752. The molecular formula is C15H9N3. The highest BCUT2D eigenvalue weighted by Crippen LogP contribution is 2.26. The lowest BCUT2D eigenvalue weighted by atomic mass is 9.93. The minimum Gasteiger partial charge on any atom is -0.192 e. The summed E-state index contributed by atoms with van der Waals surface area (Å²) in [5.41, 5.74) is 2.24. The molecule has 84 valence electrons. The Morgan fingerprint density at radius 3 is 2.33 bits per heavy atom. The Morgan fingerprint density at radius 1 is 1.00 bits per heavy atom. The van der Waals surface area contributed by atoms with E-state index in [1.54, 1.807) is 18.2 Å². The first-order valence-electron chi connectivity index (χ1n) is 5.55. The van der Waals surface area contributed by atoms with E-state index >= 15 is 0 Å². The van der Waals surface area contributed by atoms with Crippen molar-refractivity contribution in [3.8, 4) is 18.2 Å². The van der Waals surface area contributed by atoms with E-state index in [1.165, 1.54) is 0 Å². The van der Waals surface area contributed by atoms with E-state index in [2.05, 4.69) is 12.1 Å². The summed E-state index contributed by atoms with van der Waals surface area (Å²) in [6.07, 6.45) is 0.681. The van der Waals surface area contributed by atoms with Gasteiger partial charge in [-0.25, -0.2) is 0 Å². The first-order valence-corrected chi connectivity index (χ1v) is 5.55. The molecule has 0 fully saturated rings. The number of hydrogen-bond donors (Lipinski definition) is 0. The van der Waals surface area contributed by atoms with E-state index in [-0.39, 0.29) is 0 Å². The molecule has 0 saturated heterocycles. The summed E-state index contributed by atoms with van der Waals surface area (Å²) >= 11 is 0. The van der Waals surface area contributed by atoms with E-state index in [0.717, 1.165) is 16.3 Å². The fourth-order valence-corrected chi connectivity index (χ4v) is 2.13. The molecule has 2 aromatic rings. The van der Waals surface area contributed by atoms with Crippen molar-refractivity contribution in [2.24, 2.45) is 0 Å². The highest BCUT2D eigenvalue weighted by Gasteiger charge is 2.12. The normalized spacial score (nSPS) is 9.44. The van der Waals surface area contributed by atoms with Gasteiger partial charge in [0.15, 0.2) is 0 Å². The zero-order valence-electron chi connectivity index (χ0n) is 9.86. The van der Waals surface area contributed by atoms with Gasteiger partial charge >= 0.3 is 0 Å². The maximum atomic E-state index is 9.17. The molecule has 0 N–H and O–H groups in total. The summed E-state index contributed by atoms with van der Waals surface area (Å²) in [6, 6.07) is 13.2. The van der Waals surface area contributed by atoms with Gasteiger partial charge in [-0.1, -0.05) is 13.0 Å². The van der Waals surface area contributed by atoms with Gasteiger partial charge in [0, 0.05) is 0 Å². The third kappa shape index (κ3) is 1.67. The number of fused-ring (bicyclic) bond motifs is 1. The lowest BCUT2D eigenvalue weighted by Crippen LogP contribution is -1.95. The molecule has 0 bridgehead atoms. The first kappa shape index (κ1) is 11.6. The number of rotatable bonds is 1. The molecule has 0 aliphatic heterocycles. The van der Waals surface area contributed by atoms with Crippen LogP contribution in [-0.4, -0.2) is 0 Å². The van der Waals surface area contributed by atoms with Crippen LogP contribution >= 0.6 is 0 Å². The Hall–Kier alpha value is -2.83. The molecule has 2 rings (SSSR count). The van der Waals surface area contributed by atoms with E-state index < -0.39 is 0 Å². The standard InChI is InChI=1S/C15H9N3/c1-2-13-14-4-3-10(7-16)5-11(14)6-12(8-17)15(13)9-18/h3-6H,2H2,1H3. The Morgan fingerprint density at radius 2 is 1.78 bits per heavy atom. The van der Waals surface area contributed by atoms with Crippen molar-refractivity contribution >= 4 is 10.8 Å². The van der Waals surface area contributed by atoms with E-state index in [4.69, 9.17) is 15.8 Å². The van der Waals surface area contributed by atoms with Crippen LogP contribution < -0.4 is 0 Å². The van der Waals surface area contributed by atoms with Crippen LogP contribution in [0.1, 0.15) is 29.2 Å². The van der Waals surface area contributed by atoms with Gasteiger partial charge in [0.25, 0.3) is 0 Å². The fraction of sp³-hybridized carbons (Fsp3) is 0.133. The maximum Gasteiger partial charge on any atom is 0.101 e. The average Bonchev–Trinajstić information content (AvgIpc) is 2.44. The van der Waals surface area contributed by atoms with Crippen molar-refractivity contribution in [3.63, 3.8) is 0 Å². The topological polar surface area (TPSA) is 71.4 Å². The third-order valence-electron chi connectivity index (χ3n) is 2.96. The number of nitriles is 3. The van der Waals surface area contributed by atoms with Gasteiger partial charge in [0.05, 0.1) is 22.8 Å². The number of aryl methyl sites for hydroxylation is 1. The van der Waals surface area contributed by atoms with Crippen molar-refractivity contribution in [2.75, 3.05) is 0 Å². The summed E-state index contributed by atoms with van der Waals surface area (Å²) in [5.74, 6) is 0. The van der Waals surface area contributed by atoms with Gasteiger partial charge in [-0.3, -0.25) is 0 Å². The maximum absolute atomic E-state index is 9.17. The van der Waals surface area contributed by atoms with Crippen molar-refractivity contribution in [1.29, 1.82) is 15.8 Å². The molecule has 0 unspecified atom stereocenters. The van der Waals surface area contributed by atoms with Crippen molar-refractivity contribution in [3.05, 3.63) is 46.5 Å². The molecule has 0 saturated carbocycles. The largest absolute Gasteiger partial charge is 0.192 e. The van der Waals surface area contributed by atoms with Crippen LogP contribution in [0, 0.1) is 34.0 Å². The summed E-state index contributed by atoms with van der Waals surface area (Å²) in [7, 11) is 0. The number of hydrogen-bond acceptors (Lipinski definition) is 3. The zero-order chi connectivity index (χ0) is 13.1. The predicted octanol–water partition coefficient (Wildman–Crippen LogP) is 3.02. The van der Waals surface area contributed by atoms with Gasteiger partial charge < -0.3 is 0 Å². The third-order valence-corrected chi connectivity index (χ3v) is 2.96. The lowest BCUT2D eigenvalue weighted by molar-refractivity contribution is 1.14. The van der Waals surface area contributed by atoms with Crippen LogP contribution in [-0.2, 0) is 6.42 Å². The predicted molar refractivity (Wildman–Crippen MR) is 67.5 cm³/mol. The molecule has 3 heteroatoms. The van der Waals surface area contributed by atoms with E-state index in [1.807, 2.05) is 19.1 Å². The molecule has 0 aliphatic carbocycles. The van der Waals surface area contributed by atoms with Crippen LogP contribution in [0.4, 0.5) is 0 Å². The molecule has 0 spiro atoms. The fourth-order valence-electron chi connectivity index (χ4n) is 2.13. The van der Waals surface area contributed by atoms with Gasteiger partial charge in [-0.2, -0.15) is 15.8 Å². The van der Waals surface area contributed by atoms with Gasteiger partial charge in [0.2, 0.25) is 0 Å². The van der Waals surface area contributed by atoms with Crippen molar-refractivity contribution in [2.45, 2.75) is 13.3 Å². The van der Waals surface area contributed by atoms with Crippen LogP contribution in [0.15, 0.2) is 24.3 Å². The average molecular weight is 231 g/mol. The van der Waals surface area contributed by atoms with Gasteiger partial charge in [0.1, 0.15) is 12.1 Å². The highest BCUT2D eigenvalue weighted by atomic mass is 14.3. The van der Waals surface area contributed by atoms with Crippen LogP contribution in [0.5, 0.6) is 0 Å². The molecule has 0 aliphatic rings. The van der Waals surface area contributed by atoms with Gasteiger partial charge in [-0.05, 0) is 41.0 Å². The van der Waals surface area contributed by atoms with Crippen LogP contribution in [0.3, 0.4) is 0 Å². The molecule has 2 aromatic carbocycles. The Balaban J connectivity index is 2.95. The second-order valence-electron chi connectivity index (χ2n) is 3.90. The zero-order valence-corrected chi connectivity index (χ0v) is 9.86. The smallest absolute Gasteiger partial charge is 0.101 e. The molecule has 0 radical (unpaired) electrons. The summed E-state index contributed by atoms with van der Waals surface area (Å²) in [5, 5.41) is 28.9. The minimum absolute atomic E-state index is 0.372. The molecule has 0 aromatic heterocycles. The van der Waals surface area contributed by atoms with Crippen molar-refractivity contribution in [1.82, 2.24) is 0 Å². The number of benzene rings is 2. The Kier molecular flexibility index (Phi) is 2.96. The van der Waals surface area contributed by atoms with Gasteiger partial charge in [-0.15, -0.1) is 0 Å². The number of nitrogens with zero attached hydrogens (tertiary/aromatic N) is 3. The quantitative estimate of drug-likeness (QED) is 0.757. The molecule has 0 atom stereocenters. The van der Waals surface area contributed by atoms with Crippen molar-refractivity contribution < 1.29 is 0 Å². The second kappa shape index (κ2) is 4.58. The lowest BCUT2D eigenvalue weighted by Gasteiger charge is -2.08. The molecule has 0 amide bonds. The molecule has 0 heterocycles.